The number of alkyl halides is 2. The number of nitrogens with one attached hydrogen (secondary N) is 5. The highest BCUT2D eigenvalue weighted by molar-refractivity contribution is 7.90. The molecule has 1 atom stereocenters. The lowest BCUT2D eigenvalue weighted by Gasteiger charge is -2.35. The Balaban J connectivity index is 0.000000584. The third-order valence-corrected chi connectivity index (χ3v) is 10.5. The first-order valence-electron chi connectivity index (χ1n) is 13.8. The number of hydrazine groups is 2. The van der Waals surface area contributed by atoms with Gasteiger partial charge < -0.3 is 10.6 Å². The first-order chi connectivity index (χ1) is 20.8. The zero-order valence-electron chi connectivity index (χ0n) is 23.9. The summed E-state index contributed by atoms with van der Waals surface area (Å²) in [5.41, 5.74) is 4.92. The number of carbonyl (C=O) groups excluding carboxylic acids is 2. The number of rotatable bonds is 8. The summed E-state index contributed by atoms with van der Waals surface area (Å²) in [6.45, 7) is 1.88. The number of halogens is 2. The summed E-state index contributed by atoms with van der Waals surface area (Å²) in [5, 5.41) is 18.9. The van der Waals surface area contributed by atoms with Crippen molar-refractivity contribution in [3.8, 4) is 0 Å². The van der Waals surface area contributed by atoms with Gasteiger partial charge in [0.15, 0.2) is 0 Å². The van der Waals surface area contributed by atoms with Gasteiger partial charge in [0.2, 0.25) is 21.9 Å². The van der Waals surface area contributed by atoms with E-state index < -0.39 is 40.9 Å². The molecule has 3 aromatic rings. The molecule has 20 heteroatoms. The number of aromatic nitrogens is 5. The number of aryl methyl sites for hydroxylation is 3. The van der Waals surface area contributed by atoms with Gasteiger partial charge in [-0.25, -0.2) is 38.4 Å². The van der Waals surface area contributed by atoms with Crippen LogP contribution in [0, 0.1) is 12.8 Å². The number of amides is 3. The Hall–Kier alpha value is -3.72. The molecule has 3 aromatic heterocycles. The smallest absolute Gasteiger partial charge is 0.316 e. The number of sulfonamides is 1. The van der Waals surface area contributed by atoms with Crippen LogP contribution in [0.5, 0.6) is 0 Å². The maximum Gasteiger partial charge on any atom is 0.343 e. The Morgan fingerprint density at radius 2 is 1.86 bits per heavy atom. The monoisotopic (exact) mass is 656 g/mol. The number of thiophene rings is 1. The van der Waals surface area contributed by atoms with Crippen molar-refractivity contribution in [2.45, 2.75) is 74.8 Å². The molecular formula is C24H34F2N12O4S2. The highest BCUT2D eigenvalue weighted by Gasteiger charge is 2.48. The van der Waals surface area contributed by atoms with Crippen LogP contribution in [0.4, 0.5) is 30.3 Å². The maximum atomic E-state index is 13.6. The van der Waals surface area contributed by atoms with E-state index in [1.807, 2.05) is 24.6 Å². The molecule has 2 saturated carbocycles. The standard InChI is InChI=1S/C23H28F2N8O3S2.CH6N4O/c1-12-7-18(32(2)30-12)27-22-29-26-11-33(22)15-5-6-17-16(8-15)19(21(37-17)28-20(34)13-3-4-13)38(35,36)31-14-9-23(24,25)10-14;2-4-1(6)5-3/h7,11,13-15,31H,3-6,8-10H2,1-2H3,(H,27,29)(H,28,34);2-3H2,(H2,4,5,6)/t15-;/m0./s1. The van der Waals surface area contributed by atoms with Crippen molar-refractivity contribution in [2.75, 3.05) is 10.6 Å². The molecule has 0 aromatic carbocycles. The van der Waals surface area contributed by atoms with E-state index in [1.165, 1.54) is 11.3 Å². The third-order valence-electron chi connectivity index (χ3n) is 7.52. The van der Waals surface area contributed by atoms with E-state index in [9.17, 15) is 26.8 Å². The van der Waals surface area contributed by atoms with E-state index >= 15 is 0 Å². The fraction of sp³-hybridized carbons (Fsp3) is 0.542. The van der Waals surface area contributed by atoms with Gasteiger partial charge in [-0.05, 0) is 44.6 Å². The van der Waals surface area contributed by atoms with Gasteiger partial charge in [0.05, 0.1) is 5.69 Å². The summed E-state index contributed by atoms with van der Waals surface area (Å²) < 4.78 is 60.0. The molecule has 3 amide bonds. The average molecular weight is 657 g/mol. The Labute approximate surface area is 255 Å². The quantitative estimate of drug-likeness (QED) is 0.104. The summed E-state index contributed by atoms with van der Waals surface area (Å²) in [6.07, 6.45) is 3.75. The highest BCUT2D eigenvalue weighted by atomic mass is 32.2. The first-order valence-corrected chi connectivity index (χ1v) is 16.1. The maximum absolute atomic E-state index is 13.6. The largest absolute Gasteiger partial charge is 0.343 e. The Morgan fingerprint density at radius 1 is 1.16 bits per heavy atom. The van der Waals surface area contributed by atoms with Crippen LogP contribution in [-0.2, 0) is 34.7 Å². The summed E-state index contributed by atoms with van der Waals surface area (Å²) in [6, 6.07) is 0.285. The number of urea groups is 1. The number of hydrogen-bond donors (Lipinski definition) is 7. The van der Waals surface area contributed by atoms with Crippen molar-refractivity contribution in [1.82, 2.24) is 40.1 Å². The van der Waals surface area contributed by atoms with Crippen LogP contribution in [0.25, 0.3) is 0 Å². The van der Waals surface area contributed by atoms with Crippen molar-refractivity contribution in [2.24, 2.45) is 24.7 Å². The first kappa shape index (κ1) is 31.7. The molecule has 0 spiro atoms. The fourth-order valence-corrected chi connectivity index (χ4v) is 8.42. The topological polar surface area (TPSA) is 229 Å². The van der Waals surface area contributed by atoms with Crippen molar-refractivity contribution in [3.63, 3.8) is 0 Å². The number of nitrogens with zero attached hydrogens (tertiary/aromatic N) is 5. The minimum Gasteiger partial charge on any atom is -0.316 e. The Kier molecular flexibility index (Phi) is 8.89. The van der Waals surface area contributed by atoms with Crippen LogP contribution >= 0.6 is 11.3 Å². The molecule has 2 fully saturated rings. The zero-order chi connectivity index (χ0) is 31.8. The molecule has 3 aliphatic carbocycles. The lowest BCUT2D eigenvalue weighted by atomic mass is 9.89. The molecule has 3 heterocycles. The van der Waals surface area contributed by atoms with Gasteiger partial charge >= 0.3 is 6.03 Å². The van der Waals surface area contributed by atoms with Gasteiger partial charge in [-0.2, -0.15) is 5.10 Å². The van der Waals surface area contributed by atoms with E-state index in [4.69, 9.17) is 0 Å². The van der Waals surface area contributed by atoms with Crippen LogP contribution in [0.3, 0.4) is 0 Å². The molecule has 44 heavy (non-hydrogen) atoms. The normalized spacial score (nSPS) is 19.2. The predicted molar refractivity (Wildman–Crippen MR) is 156 cm³/mol. The van der Waals surface area contributed by atoms with E-state index in [-0.39, 0.29) is 27.8 Å². The lowest BCUT2D eigenvalue weighted by Crippen LogP contribution is -2.50. The molecule has 0 unspecified atom stereocenters. The van der Waals surface area contributed by atoms with Gasteiger partial charge in [-0.3, -0.25) is 24.9 Å². The number of hydrogen-bond acceptors (Lipinski definition) is 11. The molecule has 9 N–H and O–H groups in total. The number of fused-ring (bicyclic) bond motifs is 1. The fourth-order valence-electron chi connectivity index (χ4n) is 5.21. The summed E-state index contributed by atoms with van der Waals surface area (Å²) >= 11 is 1.26. The lowest BCUT2D eigenvalue weighted by molar-refractivity contribution is -0.117. The number of anilines is 3. The van der Waals surface area contributed by atoms with Crippen molar-refractivity contribution in [1.29, 1.82) is 0 Å². The highest BCUT2D eigenvalue weighted by Crippen LogP contribution is 2.46. The Morgan fingerprint density at radius 3 is 2.43 bits per heavy atom. The van der Waals surface area contributed by atoms with Crippen LogP contribution in [0.15, 0.2) is 17.3 Å². The third kappa shape index (κ3) is 6.98. The molecule has 240 valence electrons. The Bertz CT molecular complexity index is 1640. The zero-order valence-corrected chi connectivity index (χ0v) is 25.6. The second-order valence-corrected chi connectivity index (χ2v) is 13.8. The van der Waals surface area contributed by atoms with Gasteiger partial charge in [0.25, 0.3) is 5.92 Å². The van der Waals surface area contributed by atoms with E-state index in [0.29, 0.717) is 30.8 Å². The molecule has 0 aliphatic heterocycles. The SMILES string of the molecule is Cc1cc(Nc2nncn2[C@H]2CCc3sc(NC(=O)C4CC4)c(S(=O)(=O)NC4CC(F)(F)C4)c3C2)n(C)n1.NNC(=O)NN. The minimum absolute atomic E-state index is 0.00346. The second kappa shape index (κ2) is 12.3. The van der Waals surface area contributed by atoms with Crippen molar-refractivity contribution >= 4 is 50.1 Å². The van der Waals surface area contributed by atoms with Crippen LogP contribution in [0.1, 0.15) is 54.3 Å². The van der Waals surface area contributed by atoms with Crippen molar-refractivity contribution in [3.05, 3.63) is 28.5 Å². The van der Waals surface area contributed by atoms with Crippen LogP contribution in [0.2, 0.25) is 0 Å². The summed E-state index contributed by atoms with van der Waals surface area (Å²) in [5.74, 6) is 7.13. The average Bonchev–Trinajstić information content (AvgIpc) is 3.47. The summed E-state index contributed by atoms with van der Waals surface area (Å²) in [4.78, 5) is 23.2. The molecule has 6 rings (SSSR count). The van der Waals surface area contributed by atoms with Crippen LogP contribution < -0.4 is 37.9 Å². The number of carbonyl (C=O) groups is 2. The van der Waals surface area contributed by atoms with Gasteiger partial charge in [-0.15, -0.1) is 21.5 Å². The van der Waals surface area contributed by atoms with Crippen LogP contribution in [-0.4, -0.2) is 56.9 Å². The summed E-state index contributed by atoms with van der Waals surface area (Å²) in [7, 11) is -2.35. The molecular weight excluding hydrogens is 622 g/mol. The predicted octanol–water partition coefficient (Wildman–Crippen LogP) is 1.31. The molecule has 16 nitrogen and oxygen atoms in total. The number of nitrogens with two attached hydrogens (primary N) is 2. The van der Waals surface area contributed by atoms with E-state index in [0.717, 1.165) is 29.2 Å². The van der Waals surface area contributed by atoms with E-state index in [2.05, 4.69) is 42.3 Å². The molecule has 0 bridgehead atoms. The molecule has 3 aliphatic rings. The van der Waals surface area contributed by atoms with Gasteiger partial charge in [0, 0.05) is 48.8 Å². The van der Waals surface area contributed by atoms with Gasteiger partial charge in [0.1, 0.15) is 22.0 Å². The molecule has 0 saturated heterocycles. The molecule has 0 radical (unpaired) electrons. The van der Waals surface area contributed by atoms with Gasteiger partial charge in [-0.1, -0.05) is 0 Å². The van der Waals surface area contributed by atoms with E-state index in [1.54, 1.807) is 21.9 Å². The van der Waals surface area contributed by atoms with Crippen molar-refractivity contribution < 1.29 is 26.8 Å². The second-order valence-electron chi connectivity index (χ2n) is 11.0. The minimum atomic E-state index is -4.16.